The molecule has 0 saturated heterocycles. The van der Waals surface area contributed by atoms with Crippen LogP contribution in [0.4, 0.5) is 0 Å². The molecule has 0 atom stereocenters. The first kappa shape index (κ1) is 10.2. The van der Waals surface area contributed by atoms with Crippen molar-refractivity contribution in [1.82, 2.24) is 0 Å². The van der Waals surface area contributed by atoms with E-state index in [2.05, 4.69) is 4.84 Å². The SMILES string of the molecule is Cl.NOCc1ccc(Cl)s1. The highest BCUT2D eigenvalue weighted by molar-refractivity contribution is 7.16. The minimum Gasteiger partial charge on any atom is -0.299 e. The van der Waals surface area contributed by atoms with Gasteiger partial charge in [-0.15, -0.1) is 23.7 Å². The maximum absolute atomic E-state index is 5.62. The Labute approximate surface area is 74.3 Å². The summed E-state index contributed by atoms with van der Waals surface area (Å²) in [6.45, 7) is 0.442. The predicted octanol–water partition coefficient (Wildman–Crippen LogP) is 2.21. The predicted molar refractivity (Wildman–Crippen MR) is 45.6 cm³/mol. The van der Waals surface area contributed by atoms with E-state index in [1.165, 1.54) is 11.3 Å². The molecule has 2 N–H and O–H groups in total. The smallest absolute Gasteiger partial charge is 0.102 e. The zero-order valence-electron chi connectivity index (χ0n) is 5.04. The van der Waals surface area contributed by atoms with Crippen molar-refractivity contribution in [2.75, 3.05) is 0 Å². The third-order valence-corrected chi connectivity index (χ3v) is 2.06. The van der Waals surface area contributed by atoms with Crippen molar-refractivity contribution < 1.29 is 4.84 Å². The molecule has 1 aromatic rings. The highest BCUT2D eigenvalue weighted by Gasteiger charge is 1.94. The van der Waals surface area contributed by atoms with Crippen LogP contribution in [-0.4, -0.2) is 0 Å². The fourth-order valence-corrected chi connectivity index (χ4v) is 1.52. The van der Waals surface area contributed by atoms with E-state index < -0.39 is 0 Å². The van der Waals surface area contributed by atoms with Gasteiger partial charge in [-0.05, 0) is 12.1 Å². The Bertz CT molecular complexity index is 192. The molecule has 0 aliphatic rings. The fourth-order valence-electron chi connectivity index (χ4n) is 0.511. The van der Waals surface area contributed by atoms with Gasteiger partial charge in [-0.25, -0.2) is 5.90 Å². The first-order valence-electron chi connectivity index (χ1n) is 2.39. The largest absolute Gasteiger partial charge is 0.299 e. The number of hydrogen-bond donors (Lipinski definition) is 1. The molecule has 0 unspecified atom stereocenters. The third-order valence-electron chi connectivity index (χ3n) is 0.854. The number of halogens is 2. The van der Waals surface area contributed by atoms with E-state index in [0.717, 1.165) is 9.21 Å². The van der Waals surface area contributed by atoms with Crippen LogP contribution in [0.5, 0.6) is 0 Å². The van der Waals surface area contributed by atoms with Crippen molar-refractivity contribution in [3.8, 4) is 0 Å². The van der Waals surface area contributed by atoms with E-state index in [4.69, 9.17) is 17.5 Å². The summed E-state index contributed by atoms with van der Waals surface area (Å²) in [6.07, 6.45) is 0. The van der Waals surface area contributed by atoms with Gasteiger partial charge in [0.25, 0.3) is 0 Å². The minimum atomic E-state index is 0. The molecule has 5 heteroatoms. The molecule has 0 amide bonds. The quantitative estimate of drug-likeness (QED) is 0.742. The van der Waals surface area contributed by atoms with Gasteiger partial charge in [0.05, 0.1) is 4.34 Å². The van der Waals surface area contributed by atoms with Gasteiger partial charge in [-0.3, -0.25) is 4.84 Å². The summed E-state index contributed by atoms with van der Waals surface area (Å²) in [5.41, 5.74) is 0. The van der Waals surface area contributed by atoms with E-state index in [1.54, 1.807) is 0 Å². The van der Waals surface area contributed by atoms with E-state index in [1.807, 2.05) is 12.1 Å². The minimum absolute atomic E-state index is 0. The van der Waals surface area contributed by atoms with Crippen LogP contribution in [0.1, 0.15) is 4.88 Å². The molecular weight excluding hydrogens is 193 g/mol. The average Bonchev–Trinajstić information content (AvgIpc) is 2.17. The zero-order chi connectivity index (χ0) is 6.69. The van der Waals surface area contributed by atoms with Crippen LogP contribution < -0.4 is 5.90 Å². The number of hydrogen-bond acceptors (Lipinski definition) is 3. The van der Waals surface area contributed by atoms with Crippen molar-refractivity contribution in [3.05, 3.63) is 21.3 Å². The second-order valence-electron chi connectivity index (χ2n) is 1.52. The fraction of sp³-hybridized carbons (Fsp3) is 0.200. The molecule has 2 nitrogen and oxygen atoms in total. The highest BCUT2D eigenvalue weighted by Crippen LogP contribution is 2.21. The van der Waals surface area contributed by atoms with E-state index >= 15 is 0 Å². The van der Waals surface area contributed by atoms with Gasteiger partial charge in [0, 0.05) is 4.88 Å². The van der Waals surface area contributed by atoms with Crippen molar-refractivity contribution in [2.45, 2.75) is 6.61 Å². The molecular formula is C5H7Cl2NOS. The van der Waals surface area contributed by atoms with Gasteiger partial charge in [0.1, 0.15) is 6.61 Å². The molecule has 0 spiro atoms. The highest BCUT2D eigenvalue weighted by atomic mass is 35.5. The summed E-state index contributed by atoms with van der Waals surface area (Å²) < 4.78 is 0.766. The summed E-state index contributed by atoms with van der Waals surface area (Å²) in [4.78, 5) is 5.44. The zero-order valence-corrected chi connectivity index (χ0v) is 7.43. The number of rotatable bonds is 2. The van der Waals surface area contributed by atoms with Gasteiger partial charge < -0.3 is 0 Å². The Morgan fingerprint density at radius 1 is 1.60 bits per heavy atom. The molecule has 0 saturated carbocycles. The van der Waals surface area contributed by atoms with Crippen LogP contribution >= 0.6 is 35.3 Å². The standard InChI is InChI=1S/C5H6ClNOS.ClH/c6-5-2-1-4(9-5)3-8-7;/h1-2H,3,7H2;1H. The van der Waals surface area contributed by atoms with Crippen LogP contribution in [-0.2, 0) is 11.4 Å². The lowest BCUT2D eigenvalue weighted by Crippen LogP contribution is -1.96. The summed E-state index contributed by atoms with van der Waals surface area (Å²) in [6, 6.07) is 3.71. The number of thiophene rings is 1. The lowest BCUT2D eigenvalue weighted by atomic mass is 10.5. The summed E-state index contributed by atoms with van der Waals surface area (Å²) >= 11 is 7.09. The van der Waals surface area contributed by atoms with Gasteiger partial charge in [-0.2, -0.15) is 0 Å². The van der Waals surface area contributed by atoms with Gasteiger partial charge in [0.15, 0.2) is 0 Å². The van der Waals surface area contributed by atoms with E-state index in [-0.39, 0.29) is 12.4 Å². The summed E-state index contributed by atoms with van der Waals surface area (Å²) in [7, 11) is 0. The van der Waals surface area contributed by atoms with Crippen LogP contribution in [0.2, 0.25) is 4.34 Å². The van der Waals surface area contributed by atoms with Gasteiger partial charge >= 0.3 is 0 Å². The molecule has 0 bridgehead atoms. The molecule has 0 aliphatic heterocycles. The monoisotopic (exact) mass is 199 g/mol. The molecule has 10 heavy (non-hydrogen) atoms. The Morgan fingerprint density at radius 3 is 2.70 bits per heavy atom. The molecule has 0 aliphatic carbocycles. The van der Waals surface area contributed by atoms with Crippen molar-refractivity contribution in [3.63, 3.8) is 0 Å². The van der Waals surface area contributed by atoms with Gasteiger partial charge in [0.2, 0.25) is 0 Å². The second kappa shape index (κ2) is 4.93. The molecule has 0 aromatic carbocycles. The molecule has 58 valence electrons. The molecule has 1 heterocycles. The molecule has 1 aromatic heterocycles. The Balaban J connectivity index is 0.000000810. The average molecular weight is 200 g/mol. The molecule has 0 fully saturated rings. The van der Waals surface area contributed by atoms with Crippen LogP contribution in [0, 0.1) is 0 Å². The van der Waals surface area contributed by atoms with Crippen LogP contribution in [0.15, 0.2) is 12.1 Å². The first-order valence-corrected chi connectivity index (χ1v) is 3.58. The third kappa shape index (κ3) is 2.86. The molecule has 0 radical (unpaired) electrons. The van der Waals surface area contributed by atoms with E-state index in [9.17, 15) is 0 Å². The normalized spacial score (nSPS) is 9.00. The van der Waals surface area contributed by atoms with Crippen LogP contribution in [0.25, 0.3) is 0 Å². The number of nitrogens with two attached hydrogens (primary N) is 1. The Hall–Kier alpha value is 0.200. The van der Waals surface area contributed by atoms with Gasteiger partial charge in [-0.1, -0.05) is 11.6 Å². The van der Waals surface area contributed by atoms with E-state index in [0.29, 0.717) is 6.61 Å². The van der Waals surface area contributed by atoms with Crippen molar-refractivity contribution in [1.29, 1.82) is 0 Å². The Kier molecular flexibility index (Phi) is 5.03. The molecule has 1 rings (SSSR count). The Morgan fingerprint density at radius 2 is 2.30 bits per heavy atom. The van der Waals surface area contributed by atoms with Crippen LogP contribution in [0.3, 0.4) is 0 Å². The van der Waals surface area contributed by atoms with Crippen molar-refractivity contribution >= 4 is 35.3 Å². The summed E-state index contributed by atoms with van der Waals surface area (Å²) in [5.74, 6) is 4.83. The maximum Gasteiger partial charge on any atom is 0.102 e. The van der Waals surface area contributed by atoms with Crippen molar-refractivity contribution in [2.24, 2.45) is 5.90 Å². The second-order valence-corrected chi connectivity index (χ2v) is 3.32. The first-order chi connectivity index (χ1) is 4.33. The lowest BCUT2D eigenvalue weighted by Gasteiger charge is -1.88. The maximum atomic E-state index is 5.62. The summed E-state index contributed by atoms with van der Waals surface area (Å²) in [5, 5.41) is 0. The topological polar surface area (TPSA) is 35.2 Å². The lowest BCUT2D eigenvalue weighted by molar-refractivity contribution is 0.126.